The van der Waals surface area contributed by atoms with E-state index in [1.807, 2.05) is 0 Å². The first-order chi connectivity index (χ1) is 4.33. The lowest BCUT2D eigenvalue weighted by atomic mass is 10.2. The van der Waals surface area contributed by atoms with Crippen LogP contribution in [-0.2, 0) is 0 Å². The molecule has 0 radical (unpaired) electrons. The standard InChI is InChI=1S/C7H16N2/c1-3-4-7-5-8-6(2)9-7/h6-9H,3-5H2,1-2H3. The summed E-state index contributed by atoms with van der Waals surface area (Å²) >= 11 is 0. The molecule has 1 rings (SSSR count). The number of rotatable bonds is 2. The summed E-state index contributed by atoms with van der Waals surface area (Å²) in [6, 6.07) is 0.727. The van der Waals surface area contributed by atoms with Crippen LogP contribution >= 0.6 is 0 Å². The molecule has 1 heterocycles. The van der Waals surface area contributed by atoms with Gasteiger partial charge < -0.3 is 5.32 Å². The van der Waals surface area contributed by atoms with E-state index in [1.165, 1.54) is 12.8 Å². The summed E-state index contributed by atoms with van der Waals surface area (Å²) in [7, 11) is 0. The summed E-state index contributed by atoms with van der Waals surface area (Å²) < 4.78 is 0. The monoisotopic (exact) mass is 128 g/mol. The van der Waals surface area contributed by atoms with Crippen molar-refractivity contribution in [2.75, 3.05) is 6.54 Å². The molecule has 2 nitrogen and oxygen atoms in total. The van der Waals surface area contributed by atoms with E-state index < -0.39 is 0 Å². The topological polar surface area (TPSA) is 24.1 Å². The van der Waals surface area contributed by atoms with Gasteiger partial charge in [-0.25, -0.2) is 0 Å². The molecule has 0 amide bonds. The highest BCUT2D eigenvalue weighted by Gasteiger charge is 2.17. The fourth-order valence-electron chi connectivity index (χ4n) is 1.32. The van der Waals surface area contributed by atoms with Gasteiger partial charge in [-0.05, 0) is 13.3 Å². The third kappa shape index (κ3) is 1.95. The Morgan fingerprint density at radius 1 is 1.56 bits per heavy atom. The molecule has 2 unspecified atom stereocenters. The molecule has 0 aromatic rings. The minimum absolute atomic E-state index is 0.529. The molecule has 54 valence electrons. The third-order valence-electron chi connectivity index (χ3n) is 1.79. The normalized spacial score (nSPS) is 35.3. The molecular formula is C7H16N2. The van der Waals surface area contributed by atoms with Crippen LogP contribution in [0.25, 0.3) is 0 Å². The molecule has 0 aromatic carbocycles. The van der Waals surface area contributed by atoms with Crippen LogP contribution in [0.5, 0.6) is 0 Å². The van der Waals surface area contributed by atoms with Gasteiger partial charge in [-0.2, -0.15) is 0 Å². The molecule has 1 fully saturated rings. The lowest BCUT2D eigenvalue weighted by Gasteiger charge is -2.06. The minimum Gasteiger partial charge on any atom is -0.301 e. The van der Waals surface area contributed by atoms with E-state index in [-0.39, 0.29) is 0 Å². The van der Waals surface area contributed by atoms with Gasteiger partial charge in [0, 0.05) is 12.6 Å². The summed E-state index contributed by atoms with van der Waals surface area (Å²) in [4.78, 5) is 0. The smallest absolute Gasteiger partial charge is 0.0545 e. The van der Waals surface area contributed by atoms with Gasteiger partial charge in [0.15, 0.2) is 0 Å². The second kappa shape index (κ2) is 3.18. The molecule has 0 aliphatic carbocycles. The van der Waals surface area contributed by atoms with Crippen LogP contribution in [0.1, 0.15) is 26.7 Å². The predicted molar refractivity (Wildman–Crippen MR) is 39.3 cm³/mol. The maximum Gasteiger partial charge on any atom is 0.0545 e. The molecule has 1 aliphatic rings. The van der Waals surface area contributed by atoms with Gasteiger partial charge in [0.05, 0.1) is 6.17 Å². The van der Waals surface area contributed by atoms with Gasteiger partial charge in [-0.1, -0.05) is 13.3 Å². The van der Waals surface area contributed by atoms with Gasteiger partial charge in [-0.3, -0.25) is 5.32 Å². The minimum atomic E-state index is 0.529. The van der Waals surface area contributed by atoms with Crippen LogP contribution < -0.4 is 10.6 Å². The summed E-state index contributed by atoms with van der Waals surface area (Å²) in [5.41, 5.74) is 0. The van der Waals surface area contributed by atoms with Crippen molar-refractivity contribution >= 4 is 0 Å². The zero-order valence-electron chi connectivity index (χ0n) is 6.28. The molecule has 0 spiro atoms. The van der Waals surface area contributed by atoms with Crippen LogP contribution in [0.4, 0.5) is 0 Å². The molecule has 9 heavy (non-hydrogen) atoms. The first kappa shape index (κ1) is 7.03. The van der Waals surface area contributed by atoms with E-state index in [9.17, 15) is 0 Å². The van der Waals surface area contributed by atoms with E-state index in [0.717, 1.165) is 12.6 Å². The second-order valence-electron chi connectivity index (χ2n) is 2.78. The average Bonchev–Trinajstić information content (AvgIpc) is 2.17. The van der Waals surface area contributed by atoms with Crippen molar-refractivity contribution < 1.29 is 0 Å². The van der Waals surface area contributed by atoms with Crippen molar-refractivity contribution in [2.24, 2.45) is 0 Å². The Hall–Kier alpha value is -0.0800. The Bertz CT molecular complexity index is 81.0. The lowest BCUT2D eigenvalue weighted by Crippen LogP contribution is -2.30. The highest BCUT2D eigenvalue weighted by atomic mass is 15.2. The van der Waals surface area contributed by atoms with Gasteiger partial charge in [0.2, 0.25) is 0 Å². The van der Waals surface area contributed by atoms with E-state index >= 15 is 0 Å². The first-order valence-corrected chi connectivity index (χ1v) is 3.82. The number of nitrogens with one attached hydrogen (secondary N) is 2. The van der Waals surface area contributed by atoms with Crippen molar-refractivity contribution in [2.45, 2.75) is 38.9 Å². The van der Waals surface area contributed by atoms with Gasteiger partial charge in [0.1, 0.15) is 0 Å². The molecule has 2 heteroatoms. The molecule has 2 atom stereocenters. The summed E-state index contributed by atoms with van der Waals surface area (Å²) in [6.07, 6.45) is 3.12. The predicted octanol–water partition coefficient (Wildman–Crippen LogP) is 0.694. The van der Waals surface area contributed by atoms with E-state index in [2.05, 4.69) is 24.5 Å². The van der Waals surface area contributed by atoms with E-state index in [1.54, 1.807) is 0 Å². The summed E-state index contributed by atoms with van der Waals surface area (Å²) in [6.45, 7) is 5.54. The first-order valence-electron chi connectivity index (χ1n) is 3.82. The van der Waals surface area contributed by atoms with Crippen molar-refractivity contribution in [3.05, 3.63) is 0 Å². The Labute approximate surface area is 57.0 Å². The Morgan fingerprint density at radius 2 is 2.33 bits per heavy atom. The van der Waals surface area contributed by atoms with Gasteiger partial charge >= 0.3 is 0 Å². The molecule has 1 aliphatic heterocycles. The fourth-order valence-corrected chi connectivity index (χ4v) is 1.32. The van der Waals surface area contributed by atoms with Crippen molar-refractivity contribution in [3.63, 3.8) is 0 Å². The molecule has 0 bridgehead atoms. The maximum atomic E-state index is 3.44. The van der Waals surface area contributed by atoms with Gasteiger partial charge in [-0.15, -0.1) is 0 Å². The number of hydrogen-bond acceptors (Lipinski definition) is 2. The zero-order valence-corrected chi connectivity index (χ0v) is 6.28. The third-order valence-corrected chi connectivity index (χ3v) is 1.79. The Balaban J connectivity index is 2.14. The highest BCUT2D eigenvalue weighted by molar-refractivity contribution is 4.79. The lowest BCUT2D eigenvalue weighted by molar-refractivity contribution is 0.527. The molecule has 0 aromatic heterocycles. The fraction of sp³-hybridized carbons (Fsp3) is 1.00. The van der Waals surface area contributed by atoms with E-state index in [4.69, 9.17) is 0 Å². The van der Waals surface area contributed by atoms with Crippen molar-refractivity contribution in [1.29, 1.82) is 0 Å². The van der Waals surface area contributed by atoms with Crippen molar-refractivity contribution in [1.82, 2.24) is 10.6 Å². The van der Waals surface area contributed by atoms with Crippen LogP contribution in [-0.4, -0.2) is 18.8 Å². The Morgan fingerprint density at radius 3 is 2.78 bits per heavy atom. The van der Waals surface area contributed by atoms with Gasteiger partial charge in [0.25, 0.3) is 0 Å². The van der Waals surface area contributed by atoms with Crippen LogP contribution in [0.3, 0.4) is 0 Å². The zero-order chi connectivity index (χ0) is 6.69. The van der Waals surface area contributed by atoms with Crippen LogP contribution in [0, 0.1) is 0 Å². The van der Waals surface area contributed by atoms with Crippen LogP contribution in [0.15, 0.2) is 0 Å². The molecular weight excluding hydrogens is 112 g/mol. The van der Waals surface area contributed by atoms with Crippen molar-refractivity contribution in [3.8, 4) is 0 Å². The Kier molecular flexibility index (Phi) is 2.49. The molecule has 0 saturated carbocycles. The summed E-state index contributed by atoms with van der Waals surface area (Å²) in [5.74, 6) is 0. The number of hydrogen-bond donors (Lipinski definition) is 2. The second-order valence-corrected chi connectivity index (χ2v) is 2.78. The van der Waals surface area contributed by atoms with Crippen LogP contribution in [0.2, 0.25) is 0 Å². The quantitative estimate of drug-likeness (QED) is 0.572. The highest BCUT2D eigenvalue weighted by Crippen LogP contribution is 2.01. The summed E-state index contributed by atoms with van der Waals surface area (Å²) in [5, 5.41) is 6.79. The van der Waals surface area contributed by atoms with E-state index in [0.29, 0.717) is 6.17 Å². The largest absolute Gasteiger partial charge is 0.301 e. The molecule has 2 N–H and O–H groups in total. The average molecular weight is 128 g/mol. The SMILES string of the molecule is CCCC1CNC(C)N1. The molecule has 1 saturated heterocycles. The maximum absolute atomic E-state index is 3.44.